The zero-order valence-electron chi connectivity index (χ0n) is 12.5. The number of benzene rings is 1. The van der Waals surface area contributed by atoms with E-state index in [-0.39, 0.29) is 11.9 Å². The Morgan fingerprint density at radius 1 is 1.29 bits per heavy atom. The molecule has 4 nitrogen and oxygen atoms in total. The van der Waals surface area contributed by atoms with Crippen LogP contribution in [0.3, 0.4) is 0 Å². The maximum Gasteiger partial charge on any atom is 0.123 e. The van der Waals surface area contributed by atoms with Crippen molar-refractivity contribution < 1.29 is 9.50 Å². The highest BCUT2D eigenvalue weighted by atomic mass is 19.1. The molecule has 0 spiro atoms. The topological polar surface area (TPSA) is 50.1 Å². The smallest absolute Gasteiger partial charge is 0.123 e. The molecular formula is C16H22FN3O. The first kappa shape index (κ1) is 15.7. The summed E-state index contributed by atoms with van der Waals surface area (Å²) in [7, 11) is 0. The maximum atomic E-state index is 12.9. The van der Waals surface area contributed by atoms with E-state index in [0.717, 1.165) is 30.8 Å². The predicted octanol–water partition coefficient (Wildman–Crippen LogP) is 2.51. The molecule has 0 saturated heterocycles. The molecule has 0 aliphatic rings. The number of aliphatic hydroxyl groups is 1. The standard InChI is InChI=1S/C16H22FN3O/c1-12(7-13(2)21)8-18-9-14-10-19-20(11-14)16-5-3-15(17)4-6-16/h3-6,10-13,18,21H,7-9H2,1-2H3. The zero-order valence-corrected chi connectivity index (χ0v) is 12.5. The number of nitrogens with one attached hydrogen (secondary N) is 1. The van der Waals surface area contributed by atoms with Crippen LogP contribution in [0.2, 0.25) is 0 Å². The van der Waals surface area contributed by atoms with Gasteiger partial charge in [0.2, 0.25) is 0 Å². The second-order valence-electron chi connectivity index (χ2n) is 5.59. The lowest BCUT2D eigenvalue weighted by molar-refractivity contribution is 0.163. The monoisotopic (exact) mass is 291 g/mol. The summed E-state index contributed by atoms with van der Waals surface area (Å²) >= 11 is 0. The summed E-state index contributed by atoms with van der Waals surface area (Å²) in [6.45, 7) is 5.50. The van der Waals surface area contributed by atoms with Gasteiger partial charge in [-0.15, -0.1) is 0 Å². The quantitative estimate of drug-likeness (QED) is 0.824. The van der Waals surface area contributed by atoms with Crippen LogP contribution in [0.1, 0.15) is 25.8 Å². The van der Waals surface area contributed by atoms with Crippen LogP contribution in [-0.4, -0.2) is 27.5 Å². The summed E-state index contributed by atoms with van der Waals surface area (Å²) in [6.07, 6.45) is 4.26. The third-order valence-electron chi connectivity index (χ3n) is 3.29. The number of hydrogen-bond acceptors (Lipinski definition) is 3. The van der Waals surface area contributed by atoms with E-state index in [4.69, 9.17) is 0 Å². The van der Waals surface area contributed by atoms with Gasteiger partial charge in [0.25, 0.3) is 0 Å². The molecule has 5 heteroatoms. The zero-order chi connectivity index (χ0) is 15.2. The number of hydrogen-bond donors (Lipinski definition) is 2. The molecule has 114 valence electrons. The molecule has 1 heterocycles. The number of aliphatic hydroxyl groups excluding tert-OH is 1. The van der Waals surface area contributed by atoms with Crippen LogP contribution in [0, 0.1) is 11.7 Å². The van der Waals surface area contributed by atoms with Gasteiger partial charge in [-0.05, 0) is 50.1 Å². The molecule has 2 unspecified atom stereocenters. The molecule has 0 aliphatic heterocycles. The SMILES string of the molecule is CC(O)CC(C)CNCc1cnn(-c2ccc(F)cc2)c1. The van der Waals surface area contributed by atoms with Crippen LogP contribution in [0.5, 0.6) is 0 Å². The van der Waals surface area contributed by atoms with Crippen LogP contribution < -0.4 is 5.32 Å². The minimum Gasteiger partial charge on any atom is -0.393 e. The molecule has 2 N–H and O–H groups in total. The maximum absolute atomic E-state index is 12.9. The van der Waals surface area contributed by atoms with Crippen LogP contribution in [-0.2, 0) is 6.54 Å². The van der Waals surface area contributed by atoms with Crippen molar-refractivity contribution in [3.05, 3.63) is 48.0 Å². The van der Waals surface area contributed by atoms with Crippen LogP contribution in [0.4, 0.5) is 4.39 Å². The molecule has 1 aromatic heterocycles. The van der Waals surface area contributed by atoms with Crippen molar-refractivity contribution in [2.45, 2.75) is 32.9 Å². The first-order valence-corrected chi connectivity index (χ1v) is 7.23. The molecule has 1 aromatic carbocycles. The third kappa shape index (κ3) is 4.95. The molecule has 0 saturated carbocycles. The minimum absolute atomic E-state index is 0.250. The number of halogens is 1. The lowest BCUT2D eigenvalue weighted by Gasteiger charge is -2.13. The minimum atomic E-state index is -0.261. The van der Waals surface area contributed by atoms with E-state index in [1.54, 1.807) is 23.0 Å². The predicted molar refractivity (Wildman–Crippen MR) is 80.7 cm³/mol. The highest BCUT2D eigenvalue weighted by molar-refractivity contribution is 5.31. The van der Waals surface area contributed by atoms with E-state index < -0.39 is 0 Å². The van der Waals surface area contributed by atoms with E-state index >= 15 is 0 Å². The Morgan fingerprint density at radius 3 is 2.67 bits per heavy atom. The molecule has 2 atom stereocenters. The molecule has 0 bridgehead atoms. The Morgan fingerprint density at radius 2 is 2.00 bits per heavy atom. The van der Waals surface area contributed by atoms with Gasteiger partial charge in [0.05, 0.1) is 18.0 Å². The molecule has 2 rings (SSSR count). The largest absolute Gasteiger partial charge is 0.393 e. The molecule has 21 heavy (non-hydrogen) atoms. The molecule has 0 amide bonds. The van der Waals surface area contributed by atoms with Crippen LogP contribution in [0.25, 0.3) is 5.69 Å². The van der Waals surface area contributed by atoms with Gasteiger partial charge in [0, 0.05) is 18.3 Å². The third-order valence-corrected chi connectivity index (χ3v) is 3.29. The number of aromatic nitrogens is 2. The second-order valence-corrected chi connectivity index (χ2v) is 5.59. The fraction of sp³-hybridized carbons (Fsp3) is 0.438. The van der Waals surface area contributed by atoms with E-state index in [1.165, 1.54) is 12.1 Å². The average Bonchev–Trinajstić information content (AvgIpc) is 2.87. The van der Waals surface area contributed by atoms with E-state index in [1.807, 2.05) is 13.1 Å². The van der Waals surface area contributed by atoms with Gasteiger partial charge in [-0.3, -0.25) is 0 Å². The fourth-order valence-electron chi connectivity index (χ4n) is 2.31. The number of nitrogens with zero attached hydrogens (tertiary/aromatic N) is 2. The van der Waals surface area contributed by atoms with Crippen LogP contribution in [0.15, 0.2) is 36.7 Å². The van der Waals surface area contributed by atoms with Gasteiger partial charge in [-0.1, -0.05) is 6.92 Å². The molecule has 2 aromatic rings. The first-order chi connectivity index (χ1) is 10.0. The lowest BCUT2D eigenvalue weighted by atomic mass is 10.0. The summed E-state index contributed by atoms with van der Waals surface area (Å²) in [5.74, 6) is 0.178. The second kappa shape index (κ2) is 7.33. The van der Waals surface area contributed by atoms with Gasteiger partial charge in [0.15, 0.2) is 0 Å². The summed E-state index contributed by atoms with van der Waals surface area (Å²) in [4.78, 5) is 0. The van der Waals surface area contributed by atoms with Crippen LogP contribution >= 0.6 is 0 Å². The average molecular weight is 291 g/mol. The Labute approximate surface area is 124 Å². The highest BCUT2D eigenvalue weighted by Gasteiger charge is 2.06. The first-order valence-electron chi connectivity index (χ1n) is 7.23. The van der Waals surface area contributed by atoms with Gasteiger partial charge < -0.3 is 10.4 Å². The summed E-state index contributed by atoms with van der Waals surface area (Å²) in [5.41, 5.74) is 1.91. The Balaban J connectivity index is 1.84. The summed E-state index contributed by atoms with van der Waals surface area (Å²) in [6, 6.07) is 6.24. The Hall–Kier alpha value is -1.72. The van der Waals surface area contributed by atoms with E-state index in [2.05, 4.69) is 17.3 Å². The van der Waals surface area contributed by atoms with E-state index in [0.29, 0.717) is 5.92 Å². The van der Waals surface area contributed by atoms with Gasteiger partial charge in [0.1, 0.15) is 5.82 Å². The van der Waals surface area contributed by atoms with Crippen molar-refractivity contribution in [2.75, 3.05) is 6.54 Å². The number of rotatable bonds is 7. The van der Waals surface area contributed by atoms with Crippen molar-refractivity contribution in [1.29, 1.82) is 0 Å². The van der Waals surface area contributed by atoms with Crippen molar-refractivity contribution in [3.8, 4) is 5.69 Å². The summed E-state index contributed by atoms with van der Waals surface area (Å²) < 4.78 is 14.6. The highest BCUT2D eigenvalue weighted by Crippen LogP contribution is 2.10. The molecular weight excluding hydrogens is 269 g/mol. The summed E-state index contributed by atoms with van der Waals surface area (Å²) in [5, 5.41) is 17.0. The van der Waals surface area contributed by atoms with Gasteiger partial charge in [-0.25, -0.2) is 9.07 Å². The Bertz CT molecular complexity index is 551. The van der Waals surface area contributed by atoms with Crippen molar-refractivity contribution in [2.24, 2.45) is 5.92 Å². The van der Waals surface area contributed by atoms with Gasteiger partial charge >= 0.3 is 0 Å². The van der Waals surface area contributed by atoms with Crippen molar-refractivity contribution >= 4 is 0 Å². The molecule has 0 fully saturated rings. The van der Waals surface area contributed by atoms with Crippen molar-refractivity contribution in [3.63, 3.8) is 0 Å². The fourth-order valence-corrected chi connectivity index (χ4v) is 2.31. The Kier molecular flexibility index (Phi) is 5.47. The lowest BCUT2D eigenvalue weighted by Crippen LogP contribution is -2.23. The molecule has 0 radical (unpaired) electrons. The van der Waals surface area contributed by atoms with E-state index in [9.17, 15) is 9.50 Å². The van der Waals surface area contributed by atoms with Crippen molar-refractivity contribution in [1.82, 2.24) is 15.1 Å². The van der Waals surface area contributed by atoms with Gasteiger partial charge in [-0.2, -0.15) is 5.10 Å². The normalized spacial score (nSPS) is 14.1. The molecule has 0 aliphatic carbocycles.